The van der Waals surface area contributed by atoms with E-state index in [9.17, 15) is 9.59 Å². The molecule has 1 aliphatic heterocycles. The molecule has 2 aromatic heterocycles. The van der Waals surface area contributed by atoms with E-state index >= 15 is 0 Å². The summed E-state index contributed by atoms with van der Waals surface area (Å²) in [5.74, 6) is 0.106. The molecule has 0 unspecified atom stereocenters. The second kappa shape index (κ2) is 6.46. The van der Waals surface area contributed by atoms with Gasteiger partial charge in [0.15, 0.2) is 0 Å². The van der Waals surface area contributed by atoms with E-state index in [1.165, 1.54) is 10.7 Å². The van der Waals surface area contributed by atoms with Crippen molar-refractivity contribution < 1.29 is 4.79 Å². The van der Waals surface area contributed by atoms with Gasteiger partial charge in [-0.25, -0.2) is 4.68 Å². The molecule has 1 aromatic carbocycles. The van der Waals surface area contributed by atoms with Crippen LogP contribution in [0.4, 0.5) is 5.69 Å². The molecule has 27 heavy (non-hydrogen) atoms. The van der Waals surface area contributed by atoms with E-state index < -0.39 is 0 Å². The molecule has 3 aromatic rings. The van der Waals surface area contributed by atoms with E-state index in [1.807, 2.05) is 38.1 Å². The molecule has 0 N–H and O–H groups in total. The van der Waals surface area contributed by atoms with Crippen molar-refractivity contribution in [3.05, 3.63) is 64.7 Å². The zero-order chi connectivity index (χ0) is 19.1. The molecule has 0 fully saturated rings. The number of hydrogen-bond acceptors (Lipinski definition) is 4. The highest BCUT2D eigenvalue weighted by molar-refractivity contribution is 6.01. The Bertz CT molecular complexity index is 1100. The Morgan fingerprint density at radius 3 is 2.52 bits per heavy atom. The van der Waals surface area contributed by atoms with Gasteiger partial charge in [0.25, 0.3) is 5.56 Å². The summed E-state index contributed by atoms with van der Waals surface area (Å²) in [4.78, 5) is 29.9. The van der Waals surface area contributed by atoms with Crippen LogP contribution in [0.2, 0.25) is 0 Å². The molecular formula is C21H20N4O2. The monoisotopic (exact) mass is 360 g/mol. The second-order valence-corrected chi connectivity index (χ2v) is 7.03. The minimum Gasteiger partial charge on any atom is -0.315 e. The van der Waals surface area contributed by atoms with E-state index in [1.54, 1.807) is 30.4 Å². The molecular weight excluding hydrogens is 340 g/mol. The van der Waals surface area contributed by atoms with Crippen LogP contribution < -0.4 is 10.5 Å². The van der Waals surface area contributed by atoms with Gasteiger partial charge in [0, 0.05) is 42.3 Å². The van der Waals surface area contributed by atoms with Crippen molar-refractivity contribution in [2.24, 2.45) is 0 Å². The number of pyridine rings is 1. The zero-order valence-electron chi connectivity index (χ0n) is 15.5. The van der Waals surface area contributed by atoms with Crippen LogP contribution in [0.25, 0.3) is 22.4 Å². The molecule has 0 spiro atoms. The molecule has 6 nitrogen and oxygen atoms in total. The number of hydrogen-bond donors (Lipinski definition) is 0. The Labute approximate surface area is 157 Å². The number of nitrogens with zero attached hydrogens (tertiary/aromatic N) is 4. The molecule has 0 saturated heterocycles. The highest BCUT2D eigenvalue weighted by Crippen LogP contribution is 2.32. The molecule has 0 radical (unpaired) electrons. The van der Waals surface area contributed by atoms with E-state index in [-0.39, 0.29) is 17.5 Å². The molecule has 1 aliphatic rings. The van der Waals surface area contributed by atoms with Gasteiger partial charge < -0.3 is 4.90 Å². The fourth-order valence-electron chi connectivity index (χ4n) is 3.34. The first-order chi connectivity index (χ1) is 12.9. The molecule has 136 valence electrons. The zero-order valence-corrected chi connectivity index (χ0v) is 15.5. The summed E-state index contributed by atoms with van der Waals surface area (Å²) in [7, 11) is 1.80. The van der Waals surface area contributed by atoms with Gasteiger partial charge in [-0.2, -0.15) is 5.10 Å². The number of fused-ring (bicyclic) bond motifs is 1. The third-order valence-corrected chi connectivity index (χ3v) is 4.84. The van der Waals surface area contributed by atoms with Gasteiger partial charge in [0.1, 0.15) is 0 Å². The van der Waals surface area contributed by atoms with Crippen molar-refractivity contribution in [1.29, 1.82) is 0 Å². The van der Waals surface area contributed by atoms with Crippen molar-refractivity contribution in [3.8, 4) is 22.4 Å². The largest absolute Gasteiger partial charge is 0.315 e. The van der Waals surface area contributed by atoms with Crippen LogP contribution in [-0.2, 0) is 11.2 Å². The van der Waals surface area contributed by atoms with E-state index in [4.69, 9.17) is 0 Å². The second-order valence-electron chi connectivity index (χ2n) is 7.03. The van der Waals surface area contributed by atoms with Gasteiger partial charge in [-0.1, -0.05) is 6.07 Å². The summed E-state index contributed by atoms with van der Waals surface area (Å²) in [6.45, 7) is 3.85. The number of aromatic nitrogens is 3. The van der Waals surface area contributed by atoms with Gasteiger partial charge in [-0.15, -0.1) is 0 Å². The summed E-state index contributed by atoms with van der Waals surface area (Å²) < 4.78 is 1.47. The van der Waals surface area contributed by atoms with Crippen molar-refractivity contribution in [2.45, 2.75) is 26.3 Å². The predicted octanol–water partition coefficient (Wildman–Crippen LogP) is 3.07. The number of carbonyl (C=O) groups excluding carboxylic acids is 1. The smallest absolute Gasteiger partial charge is 0.267 e. The fraction of sp³-hybridized carbons (Fsp3) is 0.238. The lowest BCUT2D eigenvalue weighted by molar-refractivity contribution is -0.117. The first-order valence-electron chi connectivity index (χ1n) is 8.89. The first kappa shape index (κ1) is 17.1. The minimum atomic E-state index is -0.120. The van der Waals surface area contributed by atoms with Crippen LogP contribution in [-0.4, -0.2) is 27.7 Å². The number of likely N-dealkylation sites (N-methyl/N-ethyl adjacent to an activating group) is 1. The number of anilines is 1. The molecule has 4 rings (SSSR count). The van der Waals surface area contributed by atoms with Gasteiger partial charge in [-0.3, -0.25) is 14.6 Å². The quantitative estimate of drug-likeness (QED) is 0.720. The molecule has 0 aliphatic carbocycles. The number of carbonyl (C=O) groups is 1. The van der Waals surface area contributed by atoms with Crippen LogP contribution in [0.15, 0.2) is 53.6 Å². The van der Waals surface area contributed by atoms with Crippen LogP contribution in [0.1, 0.15) is 25.5 Å². The Balaban J connectivity index is 1.74. The fourth-order valence-corrected chi connectivity index (χ4v) is 3.34. The van der Waals surface area contributed by atoms with E-state index in [0.29, 0.717) is 12.1 Å². The molecule has 0 saturated carbocycles. The Kier molecular flexibility index (Phi) is 4.11. The van der Waals surface area contributed by atoms with Crippen molar-refractivity contribution in [3.63, 3.8) is 0 Å². The van der Waals surface area contributed by atoms with E-state index in [2.05, 4.69) is 10.1 Å². The number of amides is 1. The summed E-state index contributed by atoms with van der Waals surface area (Å²) in [6.07, 6.45) is 3.96. The maximum absolute atomic E-state index is 11.9. The predicted molar refractivity (Wildman–Crippen MR) is 105 cm³/mol. The maximum atomic E-state index is 11.9. The van der Waals surface area contributed by atoms with Gasteiger partial charge in [-0.05, 0) is 49.2 Å². The van der Waals surface area contributed by atoms with Crippen molar-refractivity contribution in [1.82, 2.24) is 14.8 Å². The Hall–Kier alpha value is -3.28. The molecule has 0 bridgehead atoms. The number of benzene rings is 1. The average molecular weight is 360 g/mol. The highest BCUT2D eigenvalue weighted by atomic mass is 16.2. The third-order valence-electron chi connectivity index (χ3n) is 4.84. The molecule has 1 amide bonds. The Morgan fingerprint density at radius 2 is 1.74 bits per heavy atom. The SMILES string of the molecule is CC(C)n1nc(-c2cncc(-c3ccc4c(c3)CC(=O)N4C)c2)ccc1=O. The average Bonchev–Trinajstić information content (AvgIpc) is 2.95. The van der Waals surface area contributed by atoms with Gasteiger partial charge in [0.2, 0.25) is 5.91 Å². The van der Waals surface area contributed by atoms with Gasteiger partial charge >= 0.3 is 0 Å². The molecule has 6 heteroatoms. The summed E-state index contributed by atoms with van der Waals surface area (Å²) >= 11 is 0. The highest BCUT2D eigenvalue weighted by Gasteiger charge is 2.24. The lowest BCUT2D eigenvalue weighted by atomic mass is 10.0. The lowest BCUT2D eigenvalue weighted by Crippen LogP contribution is -2.23. The third kappa shape index (κ3) is 3.03. The summed E-state index contributed by atoms with van der Waals surface area (Å²) in [5, 5.41) is 4.47. The van der Waals surface area contributed by atoms with Crippen molar-refractivity contribution >= 4 is 11.6 Å². The normalized spacial score (nSPS) is 13.3. The van der Waals surface area contributed by atoms with Crippen LogP contribution in [0.3, 0.4) is 0 Å². The van der Waals surface area contributed by atoms with Crippen LogP contribution in [0, 0.1) is 0 Å². The van der Waals surface area contributed by atoms with Crippen LogP contribution in [0.5, 0.6) is 0 Å². The summed E-state index contributed by atoms with van der Waals surface area (Å²) in [5.41, 5.74) is 5.36. The van der Waals surface area contributed by atoms with Crippen molar-refractivity contribution in [2.75, 3.05) is 11.9 Å². The van der Waals surface area contributed by atoms with E-state index in [0.717, 1.165) is 27.9 Å². The lowest BCUT2D eigenvalue weighted by Gasteiger charge is -2.12. The topological polar surface area (TPSA) is 68.1 Å². The summed E-state index contributed by atoms with van der Waals surface area (Å²) in [6, 6.07) is 11.3. The minimum absolute atomic E-state index is 0.0140. The maximum Gasteiger partial charge on any atom is 0.267 e. The Morgan fingerprint density at radius 1 is 0.963 bits per heavy atom. The standard InChI is InChI=1S/C21H20N4O2/c1-13(2)25-20(26)7-5-18(23-25)17-9-16(11-22-12-17)14-4-6-19-15(8-14)10-21(27)24(19)3/h4-9,11-13H,10H2,1-3H3. The molecule has 3 heterocycles. The molecule has 0 atom stereocenters. The first-order valence-corrected chi connectivity index (χ1v) is 8.89. The number of rotatable bonds is 3. The van der Waals surface area contributed by atoms with Gasteiger partial charge in [0.05, 0.1) is 18.2 Å². The van der Waals surface area contributed by atoms with Crippen LogP contribution >= 0.6 is 0 Å².